The minimum atomic E-state index is -0.0806. The van der Waals surface area contributed by atoms with E-state index < -0.39 is 0 Å². The fourth-order valence-electron chi connectivity index (χ4n) is 10.2. The second-order valence-electron chi connectivity index (χ2n) is 17.0. The third-order valence-electron chi connectivity index (χ3n) is 13.0. The first-order valence-corrected chi connectivity index (χ1v) is 20.2. The van der Waals surface area contributed by atoms with Crippen molar-refractivity contribution < 1.29 is 0 Å². The van der Waals surface area contributed by atoms with Gasteiger partial charge in [-0.25, -0.2) is 0 Å². The average Bonchev–Trinajstić information content (AvgIpc) is 3.63. The first-order valence-electron chi connectivity index (χ1n) is 20.2. The number of fused-ring (bicyclic) bond motifs is 9. The van der Waals surface area contributed by atoms with Crippen molar-refractivity contribution in [1.82, 2.24) is 0 Å². The third kappa shape index (κ3) is 5.08. The van der Waals surface area contributed by atoms with Crippen molar-refractivity contribution in [3.63, 3.8) is 0 Å². The summed E-state index contributed by atoms with van der Waals surface area (Å²) in [6.07, 6.45) is 0. The van der Waals surface area contributed by atoms with E-state index in [0.717, 1.165) is 17.1 Å². The predicted molar refractivity (Wildman–Crippen MR) is 242 cm³/mol. The van der Waals surface area contributed by atoms with Crippen LogP contribution in [0.2, 0.25) is 0 Å². The zero-order chi connectivity index (χ0) is 38.5. The van der Waals surface area contributed by atoms with Crippen LogP contribution in [0.1, 0.15) is 49.9 Å². The summed E-state index contributed by atoms with van der Waals surface area (Å²) in [5.41, 5.74) is 19.3. The number of anilines is 3. The number of hydrogen-bond acceptors (Lipinski definition) is 1. The van der Waals surface area contributed by atoms with Gasteiger partial charge in [-0.2, -0.15) is 0 Å². The number of rotatable bonds is 5. The lowest BCUT2D eigenvalue weighted by molar-refractivity contribution is 0.660. The maximum Gasteiger partial charge on any atom is 0.0468 e. The SMILES string of the molecule is CC1(C)c2ccccc2-c2ccc(-c3ccc(N(c4ccc(-c5cccc6c5C(C)(C)c5ccccc5-6)cc4)c4ccc5c(ccc6ccccc65)c4)cc3)cc21. The van der Waals surface area contributed by atoms with Crippen LogP contribution in [0, 0.1) is 0 Å². The number of nitrogens with zero attached hydrogens (tertiary/aromatic N) is 1. The summed E-state index contributed by atoms with van der Waals surface area (Å²) in [6, 6.07) is 70.0. The number of hydrogen-bond donors (Lipinski definition) is 0. The molecular weight excluding hydrogens is 687 g/mol. The molecule has 0 bridgehead atoms. The molecule has 2 aliphatic rings. The molecule has 11 rings (SSSR count). The van der Waals surface area contributed by atoms with Crippen LogP contribution < -0.4 is 4.90 Å². The molecule has 0 unspecified atom stereocenters. The molecule has 0 saturated carbocycles. The topological polar surface area (TPSA) is 3.24 Å². The van der Waals surface area contributed by atoms with Gasteiger partial charge in [-0.1, -0.05) is 173 Å². The quantitative estimate of drug-likeness (QED) is 0.159. The summed E-state index contributed by atoms with van der Waals surface area (Å²) >= 11 is 0. The Hall–Kier alpha value is -6.70. The normalized spacial score (nSPS) is 14.2. The summed E-state index contributed by atoms with van der Waals surface area (Å²) in [6.45, 7) is 9.44. The van der Waals surface area contributed by atoms with Crippen LogP contribution in [0.4, 0.5) is 17.1 Å². The maximum atomic E-state index is 2.41. The van der Waals surface area contributed by atoms with Crippen molar-refractivity contribution in [3.8, 4) is 44.5 Å². The smallest absolute Gasteiger partial charge is 0.0468 e. The highest BCUT2D eigenvalue weighted by Crippen LogP contribution is 2.53. The van der Waals surface area contributed by atoms with Gasteiger partial charge in [-0.05, 0) is 131 Å². The summed E-state index contributed by atoms with van der Waals surface area (Å²) in [7, 11) is 0. The standard InChI is InChI=1S/C56H43N/c1-55(2)51-18-9-7-14-47(51)49-32-26-39(35-53(49)55)36-22-27-41(28-23-36)57(43-31-33-45-40(34-43)21-20-37-12-5-6-13-44(37)45)42-29-24-38(25-30-42)46-16-11-17-50-48-15-8-10-19-52(48)56(3,4)54(46)50/h5-35H,1-4H3. The van der Waals surface area contributed by atoms with Gasteiger partial charge in [0.25, 0.3) is 0 Å². The predicted octanol–water partition coefficient (Wildman–Crippen LogP) is 15.4. The summed E-state index contributed by atoms with van der Waals surface area (Å²) in [4.78, 5) is 2.40. The van der Waals surface area contributed by atoms with Crippen molar-refractivity contribution in [3.05, 3.63) is 210 Å². The van der Waals surface area contributed by atoms with Crippen LogP contribution in [-0.4, -0.2) is 0 Å². The van der Waals surface area contributed by atoms with Gasteiger partial charge in [-0.3, -0.25) is 0 Å². The van der Waals surface area contributed by atoms with E-state index in [0.29, 0.717) is 0 Å². The Morgan fingerprint density at radius 2 is 0.842 bits per heavy atom. The molecule has 0 aromatic heterocycles. The van der Waals surface area contributed by atoms with Gasteiger partial charge in [0.1, 0.15) is 0 Å². The number of benzene rings is 9. The highest BCUT2D eigenvalue weighted by atomic mass is 15.1. The van der Waals surface area contributed by atoms with E-state index in [1.165, 1.54) is 88.3 Å². The van der Waals surface area contributed by atoms with Crippen LogP contribution in [0.15, 0.2) is 188 Å². The fraction of sp³-hybridized carbons (Fsp3) is 0.107. The highest BCUT2D eigenvalue weighted by Gasteiger charge is 2.37. The maximum absolute atomic E-state index is 2.41. The van der Waals surface area contributed by atoms with Crippen LogP contribution in [0.25, 0.3) is 66.1 Å². The van der Waals surface area contributed by atoms with Gasteiger partial charge >= 0.3 is 0 Å². The van der Waals surface area contributed by atoms with E-state index in [1.54, 1.807) is 0 Å². The minimum absolute atomic E-state index is 0.0359. The van der Waals surface area contributed by atoms with Crippen LogP contribution in [0.3, 0.4) is 0 Å². The molecule has 0 heterocycles. The van der Waals surface area contributed by atoms with Crippen LogP contribution in [-0.2, 0) is 10.8 Å². The monoisotopic (exact) mass is 729 g/mol. The van der Waals surface area contributed by atoms with Gasteiger partial charge in [0.2, 0.25) is 0 Å². The molecule has 9 aromatic carbocycles. The van der Waals surface area contributed by atoms with Crippen molar-refractivity contribution in [1.29, 1.82) is 0 Å². The Balaban J connectivity index is 1.00. The van der Waals surface area contributed by atoms with Crippen LogP contribution >= 0.6 is 0 Å². The summed E-state index contributed by atoms with van der Waals surface area (Å²) < 4.78 is 0. The second kappa shape index (κ2) is 12.4. The van der Waals surface area contributed by atoms with Gasteiger partial charge < -0.3 is 4.90 Å². The van der Waals surface area contributed by atoms with Gasteiger partial charge in [0, 0.05) is 27.9 Å². The van der Waals surface area contributed by atoms with Crippen molar-refractivity contribution in [2.75, 3.05) is 4.90 Å². The molecule has 272 valence electrons. The van der Waals surface area contributed by atoms with Gasteiger partial charge in [-0.15, -0.1) is 0 Å². The van der Waals surface area contributed by atoms with E-state index in [4.69, 9.17) is 0 Å². The van der Waals surface area contributed by atoms with Gasteiger partial charge in [0.05, 0.1) is 0 Å². The molecule has 0 spiro atoms. The van der Waals surface area contributed by atoms with E-state index in [1.807, 2.05) is 0 Å². The highest BCUT2D eigenvalue weighted by molar-refractivity contribution is 6.08. The lowest BCUT2D eigenvalue weighted by Gasteiger charge is -2.27. The summed E-state index contributed by atoms with van der Waals surface area (Å²) in [5, 5.41) is 5.04. The van der Waals surface area contributed by atoms with E-state index in [-0.39, 0.29) is 10.8 Å². The Morgan fingerprint density at radius 1 is 0.316 bits per heavy atom. The Morgan fingerprint density at radius 3 is 1.60 bits per heavy atom. The Labute approximate surface area is 335 Å². The Kier molecular flexibility index (Phi) is 7.32. The van der Waals surface area contributed by atoms with E-state index >= 15 is 0 Å². The molecule has 0 saturated heterocycles. The first-order chi connectivity index (χ1) is 27.8. The lowest BCUT2D eigenvalue weighted by atomic mass is 9.79. The third-order valence-corrected chi connectivity index (χ3v) is 13.0. The van der Waals surface area contributed by atoms with Crippen molar-refractivity contribution >= 4 is 38.6 Å². The van der Waals surface area contributed by atoms with Crippen molar-refractivity contribution in [2.45, 2.75) is 38.5 Å². The molecule has 57 heavy (non-hydrogen) atoms. The molecule has 0 amide bonds. The molecule has 0 atom stereocenters. The molecule has 9 aromatic rings. The molecule has 0 radical (unpaired) electrons. The minimum Gasteiger partial charge on any atom is -0.310 e. The largest absolute Gasteiger partial charge is 0.310 e. The Bertz CT molecular complexity index is 3050. The molecule has 1 heteroatoms. The molecule has 2 aliphatic carbocycles. The van der Waals surface area contributed by atoms with E-state index in [9.17, 15) is 0 Å². The zero-order valence-corrected chi connectivity index (χ0v) is 32.8. The van der Waals surface area contributed by atoms with Crippen LogP contribution in [0.5, 0.6) is 0 Å². The second-order valence-corrected chi connectivity index (χ2v) is 17.0. The molecule has 1 nitrogen and oxygen atoms in total. The first kappa shape index (κ1) is 33.6. The summed E-state index contributed by atoms with van der Waals surface area (Å²) in [5.74, 6) is 0. The van der Waals surface area contributed by atoms with E-state index in [2.05, 4.69) is 221 Å². The zero-order valence-electron chi connectivity index (χ0n) is 32.8. The van der Waals surface area contributed by atoms with Gasteiger partial charge in [0.15, 0.2) is 0 Å². The molecule has 0 N–H and O–H groups in total. The van der Waals surface area contributed by atoms with Crippen molar-refractivity contribution in [2.24, 2.45) is 0 Å². The lowest BCUT2D eigenvalue weighted by Crippen LogP contribution is -2.16. The molecular formula is C56H43N. The molecule has 0 aliphatic heterocycles. The fourth-order valence-corrected chi connectivity index (χ4v) is 10.2. The molecule has 0 fully saturated rings. The average molecular weight is 730 g/mol.